The molecule has 0 unspecified atom stereocenters. The van der Waals surface area contributed by atoms with E-state index in [4.69, 9.17) is 5.73 Å². The summed E-state index contributed by atoms with van der Waals surface area (Å²) in [6, 6.07) is 6.33. The van der Waals surface area contributed by atoms with E-state index in [0.29, 0.717) is 18.5 Å². The fraction of sp³-hybridized carbons (Fsp3) is 0.571. The molecule has 1 fully saturated rings. The molecule has 1 aliphatic carbocycles. The van der Waals surface area contributed by atoms with E-state index in [1.807, 2.05) is 30.1 Å². The number of carbonyl (C=O) groups is 1. The molecule has 4 nitrogen and oxygen atoms in total. The lowest BCUT2D eigenvalue weighted by Gasteiger charge is -2.33. The molecule has 1 amide bonds. The predicted molar refractivity (Wildman–Crippen MR) is 70.9 cm³/mol. The third-order valence-electron chi connectivity index (χ3n) is 3.74. The SMILES string of the molecule is CN(C(=O)Cc1ccccn1)C1CCC(N)CC1. The Bertz CT molecular complexity index is 385. The number of nitrogens with zero attached hydrogens (tertiary/aromatic N) is 2. The van der Waals surface area contributed by atoms with E-state index in [1.165, 1.54) is 0 Å². The number of rotatable bonds is 3. The van der Waals surface area contributed by atoms with Gasteiger partial charge in [-0.25, -0.2) is 0 Å². The molecular formula is C14H21N3O. The molecule has 4 heteroatoms. The Hall–Kier alpha value is -1.42. The minimum atomic E-state index is 0.147. The molecule has 18 heavy (non-hydrogen) atoms. The van der Waals surface area contributed by atoms with E-state index in [-0.39, 0.29) is 5.91 Å². The van der Waals surface area contributed by atoms with Crippen molar-refractivity contribution in [1.29, 1.82) is 0 Å². The van der Waals surface area contributed by atoms with Gasteiger partial charge in [-0.15, -0.1) is 0 Å². The average Bonchev–Trinajstić information content (AvgIpc) is 2.40. The van der Waals surface area contributed by atoms with Gasteiger partial charge < -0.3 is 10.6 Å². The van der Waals surface area contributed by atoms with Gasteiger partial charge in [0.1, 0.15) is 0 Å². The van der Waals surface area contributed by atoms with Crippen LogP contribution in [-0.4, -0.2) is 34.9 Å². The number of carbonyl (C=O) groups excluding carboxylic acids is 1. The lowest BCUT2D eigenvalue weighted by atomic mass is 9.91. The smallest absolute Gasteiger partial charge is 0.228 e. The summed E-state index contributed by atoms with van der Waals surface area (Å²) in [5.41, 5.74) is 6.72. The molecular weight excluding hydrogens is 226 g/mol. The third-order valence-corrected chi connectivity index (χ3v) is 3.74. The van der Waals surface area contributed by atoms with Crippen LogP contribution in [0.4, 0.5) is 0 Å². The molecule has 98 valence electrons. The van der Waals surface area contributed by atoms with Gasteiger partial charge in [-0.05, 0) is 37.8 Å². The minimum absolute atomic E-state index is 0.147. The summed E-state index contributed by atoms with van der Waals surface area (Å²) in [6.45, 7) is 0. The molecule has 1 saturated carbocycles. The van der Waals surface area contributed by atoms with Crippen molar-refractivity contribution in [3.63, 3.8) is 0 Å². The molecule has 0 bridgehead atoms. The number of amides is 1. The van der Waals surface area contributed by atoms with Crippen LogP contribution in [0.3, 0.4) is 0 Å². The van der Waals surface area contributed by atoms with Crippen LogP contribution in [0.1, 0.15) is 31.4 Å². The molecule has 2 rings (SSSR count). The van der Waals surface area contributed by atoms with Crippen LogP contribution in [-0.2, 0) is 11.2 Å². The molecule has 1 heterocycles. The lowest BCUT2D eigenvalue weighted by molar-refractivity contribution is -0.131. The second-order valence-electron chi connectivity index (χ2n) is 5.07. The van der Waals surface area contributed by atoms with Crippen molar-refractivity contribution in [1.82, 2.24) is 9.88 Å². The van der Waals surface area contributed by atoms with Crippen molar-refractivity contribution < 1.29 is 4.79 Å². The molecule has 1 aromatic rings. The zero-order chi connectivity index (χ0) is 13.0. The topological polar surface area (TPSA) is 59.2 Å². The van der Waals surface area contributed by atoms with Gasteiger partial charge in [-0.2, -0.15) is 0 Å². The maximum Gasteiger partial charge on any atom is 0.228 e. The van der Waals surface area contributed by atoms with E-state index in [2.05, 4.69) is 4.98 Å². The first-order valence-corrected chi connectivity index (χ1v) is 6.58. The van der Waals surface area contributed by atoms with Gasteiger partial charge >= 0.3 is 0 Å². The summed E-state index contributed by atoms with van der Waals surface area (Å²) >= 11 is 0. The minimum Gasteiger partial charge on any atom is -0.342 e. The standard InChI is InChI=1S/C14H21N3O/c1-17(13-7-5-11(15)6-8-13)14(18)10-12-4-2-3-9-16-12/h2-4,9,11,13H,5-8,10,15H2,1H3. The maximum atomic E-state index is 12.1. The first-order valence-electron chi connectivity index (χ1n) is 6.58. The Balaban J connectivity index is 1.89. The van der Waals surface area contributed by atoms with Crippen molar-refractivity contribution in [3.05, 3.63) is 30.1 Å². The fourth-order valence-corrected chi connectivity index (χ4v) is 2.47. The van der Waals surface area contributed by atoms with Gasteiger partial charge in [0.25, 0.3) is 0 Å². The lowest BCUT2D eigenvalue weighted by Crippen LogP contribution is -2.42. The molecule has 1 aliphatic rings. The number of likely N-dealkylation sites (N-methyl/N-ethyl adjacent to an activating group) is 1. The first-order chi connectivity index (χ1) is 8.66. The second kappa shape index (κ2) is 5.96. The second-order valence-corrected chi connectivity index (χ2v) is 5.07. The van der Waals surface area contributed by atoms with Gasteiger partial charge in [0.2, 0.25) is 5.91 Å². The van der Waals surface area contributed by atoms with Crippen LogP contribution in [0.5, 0.6) is 0 Å². The Morgan fingerprint density at radius 3 is 2.72 bits per heavy atom. The number of pyridine rings is 1. The average molecular weight is 247 g/mol. The molecule has 0 aromatic carbocycles. The summed E-state index contributed by atoms with van der Waals surface area (Å²) < 4.78 is 0. The summed E-state index contributed by atoms with van der Waals surface area (Å²) in [4.78, 5) is 18.2. The van der Waals surface area contributed by atoms with E-state index < -0.39 is 0 Å². The number of aromatic nitrogens is 1. The summed E-state index contributed by atoms with van der Waals surface area (Å²) in [7, 11) is 1.90. The Morgan fingerprint density at radius 2 is 2.11 bits per heavy atom. The molecule has 0 radical (unpaired) electrons. The van der Waals surface area contributed by atoms with E-state index in [1.54, 1.807) is 6.20 Å². The highest BCUT2D eigenvalue weighted by Gasteiger charge is 2.24. The molecule has 0 atom stereocenters. The summed E-state index contributed by atoms with van der Waals surface area (Å²) in [5, 5.41) is 0. The summed E-state index contributed by atoms with van der Waals surface area (Å²) in [6.07, 6.45) is 6.19. The van der Waals surface area contributed by atoms with Crippen LogP contribution in [0, 0.1) is 0 Å². The summed E-state index contributed by atoms with van der Waals surface area (Å²) in [5.74, 6) is 0.147. The van der Waals surface area contributed by atoms with E-state index >= 15 is 0 Å². The highest BCUT2D eigenvalue weighted by Crippen LogP contribution is 2.21. The first kappa shape index (κ1) is 13.0. The van der Waals surface area contributed by atoms with Crippen LogP contribution in [0.2, 0.25) is 0 Å². The van der Waals surface area contributed by atoms with E-state index in [0.717, 1.165) is 31.4 Å². The predicted octanol–water partition coefficient (Wildman–Crippen LogP) is 1.35. The Morgan fingerprint density at radius 1 is 1.39 bits per heavy atom. The fourth-order valence-electron chi connectivity index (χ4n) is 2.47. The monoisotopic (exact) mass is 247 g/mol. The van der Waals surface area contributed by atoms with Crippen molar-refractivity contribution in [3.8, 4) is 0 Å². The molecule has 0 aliphatic heterocycles. The number of hydrogen-bond acceptors (Lipinski definition) is 3. The van der Waals surface area contributed by atoms with Crippen LogP contribution in [0.15, 0.2) is 24.4 Å². The third kappa shape index (κ3) is 3.29. The quantitative estimate of drug-likeness (QED) is 0.877. The normalized spacial score (nSPS) is 23.7. The van der Waals surface area contributed by atoms with Gasteiger partial charge in [0, 0.05) is 31.0 Å². The van der Waals surface area contributed by atoms with Crippen LogP contribution >= 0.6 is 0 Å². The molecule has 2 N–H and O–H groups in total. The zero-order valence-electron chi connectivity index (χ0n) is 10.9. The van der Waals surface area contributed by atoms with E-state index in [9.17, 15) is 4.79 Å². The van der Waals surface area contributed by atoms with Crippen molar-refractivity contribution in [2.45, 2.75) is 44.2 Å². The van der Waals surface area contributed by atoms with Gasteiger partial charge in [-0.1, -0.05) is 6.07 Å². The molecule has 0 saturated heterocycles. The Labute approximate surface area is 108 Å². The van der Waals surface area contributed by atoms with Gasteiger partial charge in [0.05, 0.1) is 6.42 Å². The number of nitrogens with two attached hydrogens (primary N) is 1. The van der Waals surface area contributed by atoms with Crippen molar-refractivity contribution >= 4 is 5.91 Å². The van der Waals surface area contributed by atoms with Crippen LogP contribution in [0.25, 0.3) is 0 Å². The molecule has 0 spiro atoms. The maximum absolute atomic E-state index is 12.1. The number of hydrogen-bond donors (Lipinski definition) is 1. The van der Waals surface area contributed by atoms with Gasteiger partial charge in [0.15, 0.2) is 0 Å². The van der Waals surface area contributed by atoms with Crippen molar-refractivity contribution in [2.75, 3.05) is 7.05 Å². The van der Waals surface area contributed by atoms with Gasteiger partial charge in [-0.3, -0.25) is 9.78 Å². The highest BCUT2D eigenvalue weighted by atomic mass is 16.2. The largest absolute Gasteiger partial charge is 0.342 e. The molecule has 1 aromatic heterocycles. The Kier molecular flexibility index (Phi) is 4.31. The highest BCUT2D eigenvalue weighted by molar-refractivity contribution is 5.78. The van der Waals surface area contributed by atoms with Crippen LogP contribution < -0.4 is 5.73 Å². The zero-order valence-corrected chi connectivity index (χ0v) is 10.9. The van der Waals surface area contributed by atoms with Crippen molar-refractivity contribution in [2.24, 2.45) is 5.73 Å².